The molecule has 0 bridgehead atoms. The number of ether oxygens (including phenoxy) is 1. The summed E-state index contributed by atoms with van der Waals surface area (Å²) in [5.74, 6) is -1.08. The van der Waals surface area contributed by atoms with Crippen LogP contribution in [0.4, 0.5) is 10.1 Å². The smallest absolute Gasteiger partial charge is 0.311 e. The van der Waals surface area contributed by atoms with Crippen LogP contribution >= 0.6 is 0 Å². The highest BCUT2D eigenvalue weighted by molar-refractivity contribution is 7.88. The van der Waals surface area contributed by atoms with Gasteiger partial charge in [-0.2, -0.15) is 4.31 Å². The van der Waals surface area contributed by atoms with Crippen LogP contribution in [0.1, 0.15) is 0 Å². The Kier molecular flexibility index (Phi) is 4.12. The van der Waals surface area contributed by atoms with E-state index in [0.29, 0.717) is 0 Å². The predicted molar refractivity (Wildman–Crippen MR) is 69.9 cm³/mol. The molecule has 0 unspecified atom stereocenters. The molecule has 1 aromatic rings. The van der Waals surface area contributed by atoms with Gasteiger partial charge in [-0.05, 0) is 6.07 Å². The maximum Gasteiger partial charge on any atom is 0.311 e. The van der Waals surface area contributed by atoms with E-state index in [1.165, 1.54) is 0 Å². The number of benzene rings is 1. The lowest BCUT2D eigenvalue weighted by molar-refractivity contribution is -0.386. The lowest BCUT2D eigenvalue weighted by Gasteiger charge is -2.16. The molecule has 1 fully saturated rings. The largest absolute Gasteiger partial charge is 0.479 e. The Balaban J connectivity index is 2.23. The van der Waals surface area contributed by atoms with Gasteiger partial charge in [0.1, 0.15) is 18.0 Å². The van der Waals surface area contributed by atoms with Crippen LogP contribution in [0, 0.1) is 15.9 Å². The van der Waals surface area contributed by atoms with Crippen molar-refractivity contribution in [2.24, 2.45) is 0 Å². The first kappa shape index (κ1) is 15.6. The molecule has 116 valence electrons. The number of aliphatic hydroxyl groups excluding tert-OH is 1. The summed E-state index contributed by atoms with van der Waals surface area (Å²) in [5, 5.41) is 20.6. The number of hydrogen-bond acceptors (Lipinski definition) is 6. The Hall–Kier alpha value is -1.78. The lowest BCUT2D eigenvalue weighted by Crippen LogP contribution is -2.31. The second-order valence-electron chi connectivity index (χ2n) is 4.67. The highest BCUT2D eigenvalue weighted by atomic mass is 32.2. The van der Waals surface area contributed by atoms with Crippen molar-refractivity contribution in [3.63, 3.8) is 0 Å². The fourth-order valence-electron chi connectivity index (χ4n) is 2.01. The molecule has 0 saturated carbocycles. The summed E-state index contributed by atoms with van der Waals surface area (Å²) in [7, 11) is -3.51. The van der Waals surface area contributed by atoms with E-state index in [2.05, 4.69) is 0 Å². The van der Waals surface area contributed by atoms with E-state index in [1.54, 1.807) is 0 Å². The Morgan fingerprint density at radius 3 is 2.67 bits per heavy atom. The van der Waals surface area contributed by atoms with Gasteiger partial charge in [0.05, 0.1) is 17.7 Å². The molecule has 0 radical (unpaired) electrons. The average molecular weight is 320 g/mol. The fraction of sp³-hybridized carbons (Fsp3) is 0.455. The molecule has 1 N–H and O–H groups in total. The second kappa shape index (κ2) is 5.54. The molecule has 2 rings (SSSR count). The summed E-state index contributed by atoms with van der Waals surface area (Å²) in [6.45, 7) is -0.333. The van der Waals surface area contributed by atoms with Gasteiger partial charge in [-0.3, -0.25) is 10.1 Å². The monoisotopic (exact) mass is 320 g/mol. The van der Waals surface area contributed by atoms with Crippen LogP contribution in [0.2, 0.25) is 0 Å². The van der Waals surface area contributed by atoms with Crippen molar-refractivity contribution < 1.29 is 27.6 Å². The van der Waals surface area contributed by atoms with Gasteiger partial charge in [0.25, 0.3) is 0 Å². The Bertz CT molecular complexity index is 665. The van der Waals surface area contributed by atoms with E-state index < -0.39 is 38.7 Å². The Morgan fingerprint density at radius 1 is 1.48 bits per heavy atom. The van der Waals surface area contributed by atoms with Gasteiger partial charge >= 0.3 is 5.69 Å². The van der Waals surface area contributed by atoms with Gasteiger partial charge in [0, 0.05) is 18.7 Å². The number of β-amino-alcohol motifs (C(OH)–C–C–N with tert-alkyl or cyclic N) is 1. The minimum absolute atomic E-state index is 0.159. The lowest BCUT2D eigenvalue weighted by atomic mass is 10.2. The van der Waals surface area contributed by atoms with E-state index in [0.717, 1.165) is 28.8 Å². The maximum atomic E-state index is 13.2. The summed E-state index contributed by atoms with van der Waals surface area (Å²) in [4.78, 5) is 10.1. The van der Waals surface area contributed by atoms with Gasteiger partial charge in [-0.1, -0.05) is 0 Å². The van der Waals surface area contributed by atoms with Crippen LogP contribution in [0.3, 0.4) is 0 Å². The molecular weight excluding hydrogens is 307 g/mol. The number of sulfonamides is 1. The number of nitro benzene ring substituents is 1. The SMILES string of the molecule is CS(=O)(=O)N1C[C@H](Oc2cc(F)ccc2[N+](=O)[O-])[C@@H](O)C1. The standard InChI is InChI=1S/C11H13FN2O6S/c1-21(18,19)13-5-9(15)11(6-13)20-10-4-7(12)2-3-8(10)14(16)17/h2-4,9,11,15H,5-6H2,1H3/t9-,11-/m0/s1. The summed E-state index contributed by atoms with van der Waals surface area (Å²) >= 11 is 0. The Labute approximate surface area is 119 Å². The third kappa shape index (κ3) is 3.46. The molecule has 2 atom stereocenters. The zero-order valence-electron chi connectivity index (χ0n) is 11.0. The van der Waals surface area contributed by atoms with Crippen LogP contribution in [0.25, 0.3) is 0 Å². The maximum absolute atomic E-state index is 13.2. The fourth-order valence-corrected chi connectivity index (χ4v) is 2.85. The molecular formula is C11H13FN2O6S. The number of halogens is 1. The van der Waals surface area contributed by atoms with Crippen molar-refractivity contribution in [3.05, 3.63) is 34.1 Å². The number of nitro groups is 1. The zero-order chi connectivity index (χ0) is 15.8. The second-order valence-corrected chi connectivity index (χ2v) is 6.66. The first-order chi connectivity index (χ1) is 9.68. The predicted octanol–water partition coefficient (Wildman–Crippen LogP) is 0.117. The molecule has 1 aromatic carbocycles. The highest BCUT2D eigenvalue weighted by Crippen LogP contribution is 2.30. The molecule has 1 saturated heterocycles. The molecule has 0 spiro atoms. The van der Waals surface area contributed by atoms with Gasteiger partial charge < -0.3 is 9.84 Å². The number of rotatable bonds is 4. The quantitative estimate of drug-likeness (QED) is 0.623. The van der Waals surface area contributed by atoms with Crippen LogP contribution in [-0.4, -0.2) is 54.3 Å². The van der Waals surface area contributed by atoms with Crippen molar-refractivity contribution in [3.8, 4) is 5.75 Å². The average Bonchev–Trinajstić information content (AvgIpc) is 2.70. The first-order valence-electron chi connectivity index (χ1n) is 5.92. The molecule has 21 heavy (non-hydrogen) atoms. The van der Waals surface area contributed by atoms with Crippen molar-refractivity contribution in [1.82, 2.24) is 4.31 Å². The molecule has 0 amide bonds. The van der Waals surface area contributed by atoms with E-state index in [4.69, 9.17) is 4.74 Å². The summed E-state index contributed by atoms with van der Waals surface area (Å²) in [5.41, 5.74) is -0.457. The molecule has 1 aliphatic heterocycles. The van der Waals surface area contributed by atoms with Crippen LogP contribution in [0.15, 0.2) is 18.2 Å². The molecule has 8 nitrogen and oxygen atoms in total. The van der Waals surface area contributed by atoms with Crippen LogP contribution in [-0.2, 0) is 10.0 Å². The number of aliphatic hydroxyl groups is 1. The van der Waals surface area contributed by atoms with Crippen molar-refractivity contribution in [1.29, 1.82) is 0 Å². The molecule has 10 heteroatoms. The van der Waals surface area contributed by atoms with Gasteiger partial charge in [-0.25, -0.2) is 12.8 Å². The third-order valence-electron chi connectivity index (χ3n) is 3.07. The number of hydrogen-bond donors (Lipinski definition) is 1. The normalized spacial score (nSPS) is 23.2. The van der Waals surface area contributed by atoms with Crippen LogP contribution in [0.5, 0.6) is 5.75 Å². The minimum Gasteiger partial charge on any atom is -0.479 e. The minimum atomic E-state index is -3.51. The van der Waals surface area contributed by atoms with Crippen molar-refractivity contribution in [2.75, 3.05) is 19.3 Å². The van der Waals surface area contributed by atoms with Crippen LogP contribution < -0.4 is 4.74 Å². The Morgan fingerprint density at radius 2 is 2.14 bits per heavy atom. The van der Waals surface area contributed by atoms with Crippen molar-refractivity contribution >= 4 is 15.7 Å². The van der Waals surface area contributed by atoms with E-state index in [9.17, 15) is 28.0 Å². The van der Waals surface area contributed by atoms with Crippen molar-refractivity contribution in [2.45, 2.75) is 12.2 Å². The summed E-state index contributed by atoms with van der Waals surface area (Å²) in [6, 6.07) is 2.69. The summed E-state index contributed by atoms with van der Waals surface area (Å²) in [6.07, 6.45) is -1.17. The molecule has 1 heterocycles. The summed E-state index contributed by atoms with van der Waals surface area (Å²) < 4.78 is 42.2. The number of nitrogens with zero attached hydrogens (tertiary/aromatic N) is 2. The van der Waals surface area contributed by atoms with Gasteiger partial charge in [0.15, 0.2) is 5.75 Å². The molecule has 0 aromatic heterocycles. The topological polar surface area (TPSA) is 110 Å². The van der Waals surface area contributed by atoms with E-state index in [1.807, 2.05) is 0 Å². The highest BCUT2D eigenvalue weighted by Gasteiger charge is 2.38. The van der Waals surface area contributed by atoms with Gasteiger partial charge in [0.2, 0.25) is 10.0 Å². The van der Waals surface area contributed by atoms with E-state index in [-0.39, 0.29) is 18.8 Å². The molecule has 1 aliphatic rings. The third-order valence-corrected chi connectivity index (χ3v) is 4.31. The first-order valence-corrected chi connectivity index (χ1v) is 7.77. The van der Waals surface area contributed by atoms with Gasteiger partial charge in [-0.15, -0.1) is 0 Å². The zero-order valence-corrected chi connectivity index (χ0v) is 11.8. The van der Waals surface area contributed by atoms with E-state index >= 15 is 0 Å². The molecule has 0 aliphatic carbocycles.